The number of hydrogen-bond donors (Lipinski definition) is 3. The van der Waals surface area contributed by atoms with E-state index < -0.39 is 17.8 Å². The van der Waals surface area contributed by atoms with Crippen LogP contribution in [-0.2, 0) is 11.2 Å². The van der Waals surface area contributed by atoms with Gasteiger partial charge in [0.25, 0.3) is 0 Å². The zero-order valence-corrected chi connectivity index (χ0v) is 15.4. The summed E-state index contributed by atoms with van der Waals surface area (Å²) in [4.78, 5) is 0. The second kappa shape index (κ2) is 7.55. The average molecular weight is 358 g/mol. The van der Waals surface area contributed by atoms with E-state index in [9.17, 15) is 5.26 Å². The van der Waals surface area contributed by atoms with Crippen LogP contribution >= 0.6 is 0 Å². The molecule has 1 heterocycles. The summed E-state index contributed by atoms with van der Waals surface area (Å²) >= 11 is 0. The standard InChI is InChI=1S/C22H22N4O/c1-13-8-9-16(14(2)10-13)19-17(12-23)21(25)27-22(26)20(19)18(24)11-15-6-4-3-5-7-15/h3-10,17,19-20,24-26H,11H2,1-2H3. The minimum atomic E-state index is -0.818. The Morgan fingerprint density at radius 1 is 1.07 bits per heavy atom. The predicted octanol–water partition coefficient (Wildman–Crippen LogP) is 4.39. The van der Waals surface area contributed by atoms with Crippen LogP contribution in [0.25, 0.3) is 0 Å². The predicted molar refractivity (Wildman–Crippen MR) is 106 cm³/mol. The first-order chi connectivity index (χ1) is 12.9. The second-order valence-electron chi connectivity index (χ2n) is 6.99. The topological polar surface area (TPSA) is 105 Å². The highest BCUT2D eigenvalue weighted by atomic mass is 16.5. The lowest BCUT2D eigenvalue weighted by Gasteiger charge is -2.36. The van der Waals surface area contributed by atoms with Crippen molar-refractivity contribution in [3.05, 3.63) is 70.8 Å². The summed E-state index contributed by atoms with van der Waals surface area (Å²) in [7, 11) is 0. The summed E-state index contributed by atoms with van der Waals surface area (Å²) in [5.41, 5.74) is 4.30. The normalized spacial score (nSPS) is 22.0. The molecule has 3 unspecified atom stereocenters. The van der Waals surface area contributed by atoms with Crippen molar-refractivity contribution in [2.75, 3.05) is 0 Å². The number of rotatable bonds is 4. The van der Waals surface area contributed by atoms with Gasteiger partial charge in [-0.25, -0.2) is 0 Å². The Morgan fingerprint density at radius 3 is 2.41 bits per heavy atom. The minimum absolute atomic E-state index is 0.127. The molecule has 0 amide bonds. The van der Waals surface area contributed by atoms with Crippen molar-refractivity contribution in [2.24, 2.45) is 11.8 Å². The maximum Gasteiger partial charge on any atom is 0.207 e. The largest absolute Gasteiger partial charge is 0.428 e. The first kappa shape index (κ1) is 18.5. The maximum absolute atomic E-state index is 9.70. The summed E-state index contributed by atoms with van der Waals surface area (Å²) < 4.78 is 5.28. The van der Waals surface area contributed by atoms with E-state index >= 15 is 0 Å². The molecule has 3 N–H and O–H groups in total. The van der Waals surface area contributed by atoms with Gasteiger partial charge in [0.15, 0.2) is 5.90 Å². The van der Waals surface area contributed by atoms with Gasteiger partial charge in [0, 0.05) is 18.1 Å². The fourth-order valence-corrected chi connectivity index (χ4v) is 3.76. The highest BCUT2D eigenvalue weighted by Crippen LogP contribution is 2.40. The Labute approximate surface area is 159 Å². The lowest BCUT2D eigenvalue weighted by atomic mass is 9.71. The highest BCUT2D eigenvalue weighted by molar-refractivity contribution is 6.09. The number of ether oxygens (including phenoxy) is 1. The van der Waals surface area contributed by atoms with Crippen molar-refractivity contribution in [1.29, 1.82) is 21.5 Å². The Hall–Kier alpha value is -3.26. The van der Waals surface area contributed by atoms with Crippen molar-refractivity contribution in [3.8, 4) is 6.07 Å². The van der Waals surface area contributed by atoms with Crippen LogP contribution in [0.3, 0.4) is 0 Å². The van der Waals surface area contributed by atoms with E-state index in [1.807, 2.05) is 62.4 Å². The van der Waals surface area contributed by atoms with Gasteiger partial charge in [-0.05, 0) is 30.5 Å². The van der Waals surface area contributed by atoms with Gasteiger partial charge in [-0.2, -0.15) is 5.26 Å². The van der Waals surface area contributed by atoms with Crippen LogP contribution in [0.4, 0.5) is 0 Å². The molecule has 0 radical (unpaired) electrons. The van der Waals surface area contributed by atoms with Crippen molar-refractivity contribution in [2.45, 2.75) is 26.2 Å². The van der Waals surface area contributed by atoms with Crippen molar-refractivity contribution < 1.29 is 4.74 Å². The van der Waals surface area contributed by atoms with E-state index in [1.165, 1.54) is 0 Å². The third-order valence-corrected chi connectivity index (χ3v) is 5.04. The van der Waals surface area contributed by atoms with E-state index in [1.54, 1.807) is 0 Å². The molecule has 0 aliphatic carbocycles. The molecule has 1 aliphatic heterocycles. The fraction of sp³-hybridized carbons (Fsp3) is 0.273. The van der Waals surface area contributed by atoms with Gasteiger partial charge >= 0.3 is 0 Å². The van der Waals surface area contributed by atoms with Crippen LogP contribution in [0.2, 0.25) is 0 Å². The lowest BCUT2D eigenvalue weighted by molar-refractivity contribution is 0.373. The Kier molecular flexibility index (Phi) is 5.18. The zero-order valence-electron chi connectivity index (χ0n) is 15.4. The quantitative estimate of drug-likeness (QED) is 0.705. The molecule has 0 bridgehead atoms. The maximum atomic E-state index is 9.70. The van der Waals surface area contributed by atoms with E-state index in [4.69, 9.17) is 21.0 Å². The summed E-state index contributed by atoms with van der Waals surface area (Å²) in [5.74, 6) is -2.29. The molecule has 3 rings (SSSR count). The molecular formula is C22H22N4O. The molecule has 5 heteroatoms. The van der Waals surface area contributed by atoms with Gasteiger partial charge in [0.05, 0.1) is 12.0 Å². The number of nitrogens with one attached hydrogen (secondary N) is 3. The average Bonchev–Trinajstić information content (AvgIpc) is 2.62. The molecule has 1 saturated heterocycles. The molecule has 2 aromatic carbocycles. The summed E-state index contributed by atoms with van der Waals surface area (Å²) in [6, 6.07) is 17.8. The number of nitriles is 1. The molecule has 1 fully saturated rings. The van der Waals surface area contributed by atoms with Crippen molar-refractivity contribution in [1.82, 2.24) is 0 Å². The van der Waals surface area contributed by atoms with E-state index in [2.05, 4.69) is 6.07 Å². The van der Waals surface area contributed by atoms with Crippen LogP contribution in [0, 0.1) is 53.2 Å². The monoisotopic (exact) mass is 358 g/mol. The third-order valence-electron chi connectivity index (χ3n) is 5.04. The molecule has 5 nitrogen and oxygen atoms in total. The molecule has 0 saturated carbocycles. The number of hydrogen-bond acceptors (Lipinski definition) is 5. The fourth-order valence-electron chi connectivity index (χ4n) is 3.76. The van der Waals surface area contributed by atoms with Gasteiger partial charge in [-0.15, -0.1) is 0 Å². The van der Waals surface area contributed by atoms with Gasteiger partial charge in [0.2, 0.25) is 5.90 Å². The van der Waals surface area contributed by atoms with Gasteiger partial charge < -0.3 is 10.1 Å². The van der Waals surface area contributed by atoms with Gasteiger partial charge in [-0.1, -0.05) is 54.1 Å². The zero-order chi connectivity index (χ0) is 19.6. The third kappa shape index (κ3) is 3.65. The minimum Gasteiger partial charge on any atom is -0.428 e. The van der Waals surface area contributed by atoms with E-state index in [0.29, 0.717) is 12.1 Å². The Bertz CT molecular complexity index is 943. The van der Waals surface area contributed by atoms with Crippen molar-refractivity contribution in [3.63, 3.8) is 0 Å². The summed E-state index contributed by atoms with van der Waals surface area (Å²) in [5, 5.41) is 34.8. The van der Waals surface area contributed by atoms with Crippen LogP contribution in [0.5, 0.6) is 0 Å². The van der Waals surface area contributed by atoms with Crippen LogP contribution in [0.15, 0.2) is 48.5 Å². The van der Waals surface area contributed by atoms with Crippen LogP contribution < -0.4 is 0 Å². The van der Waals surface area contributed by atoms with E-state index in [-0.39, 0.29) is 11.8 Å². The van der Waals surface area contributed by atoms with Gasteiger partial charge in [-0.3, -0.25) is 10.8 Å². The molecule has 3 atom stereocenters. The molecule has 1 aliphatic rings. The SMILES string of the molecule is Cc1ccc(C2C(C#N)C(=N)OC(=N)C2C(=N)Cc2ccccc2)c(C)c1. The molecule has 0 aromatic heterocycles. The lowest BCUT2D eigenvalue weighted by Crippen LogP contribution is -2.44. The number of benzene rings is 2. The summed E-state index contributed by atoms with van der Waals surface area (Å²) in [6.07, 6.45) is 0.379. The molecule has 2 aromatic rings. The first-order valence-corrected chi connectivity index (χ1v) is 8.85. The molecule has 136 valence electrons. The van der Waals surface area contributed by atoms with Gasteiger partial charge in [0.1, 0.15) is 5.92 Å². The number of nitrogens with zero attached hydrogens (tertiary/aromatic N) is 1. The highest BCUT2D eigenvalue weighted by Gasteiger charge is 2.45. The van der Waals surface area contributed by atoms with E-state index in [0.717, 1.165) is 22.3 Å². The molecule has 0 spiro atoms. The molecular weight excluding hydrogens is 336 g/mol. The van der Waals surface area contributed by atoms with Crippen LogP contribution in [-0.4, -0.2) is 17.5 Å². The Morgan fingerprint density at radius 2 is 1.78 bits per heavy atom. The molecule has 27 heavy (non-hydrogen) atoms. The second-order valence-corrected chi connectivity index (χ2v) is 6.99. The smallest absolute Gasteiger partial charge is 0.207 e. The Balaban J connectivity index is 2.04. The first-order valence-electron chi connectivity index (χ1n) is 8.85. The van der Waals surface area contributed by atoms with Crippen molar-refractivity contribution >= 4 is 17.5 Å². The summed E-state index contributed by atoms with van der Waals surface area (Å²) in [6.45, 7) is 3.97. The number of aryl methyl sites for hydroxylation is 2. The van der Waals surface area contributed by atoms with Crippen LogP contribution in [0.1, 0.15) is 28.2 Å².